The first kappa shape index (κ1) is 12.0. The predicted octanol–water partition coefficient (Wildman–Crippen LogP) is 3.29. The molecule has 1 unspecified atom stereocenters. The van der Waals surface area contributed by atoms with Crippen LogP contribution in [0.5, 0.6) is 0 Å². The maximum Gasteiger partial charge on any atom is 0.0375 e. The molecule has 0 bridgehead atoms. The van der Waals surface area contributed by atoms with Gasteiger partial charge in [0.05, 0.1) is 0 Å². The Bertz CT molecular complexity index is 357. The van der Waals surface area contributed by atoms with Crippen LogP contribution in [0.15, 0.2) is 24.3 Å². The highest BCUT2D eigenvalue weighted by molar-refractivity contribution is 5.56. The van der Waals surface area contributed by atoms with Gasteiger partial charge in [-0.15, -0.1) is 0 Å². The van der Waals surface area contributed by atoms with Crippen molar-refractivity contribution in [2.45, 2.75) is 44.6 Å². The van der Waals surface area contributed by atoms with E-state index >= 15 is 0 Å². The maximum absolute atomic E-state index is 3.65. The summed E-state index contributed by atoms with van der Waals surface area (Å²) in [6.07, 6.45) is 8.13. The van der Waals surface area contributed by atoms with Gasteiger partial charge in [0.15, 0.2) is 0 Å². The van der Waals surface area contributed by atoms with E-state index in [1.165, 1.54) is 69.4 Å². The quantitative estimate of drug-likeness (QED) is 0.874. The average molecular weight is 244 g/mol. The van der Waals surface area contributed by atoms with Crippen molar-refractivity contribution < 1.29 is 0 Å². The van der Waals surface area contributed by atoms with E-state index in [-0.39, 0.29) is 0 Å². The first-order valence-corrected chi connectivity index (χ1v) is 7.48. The van der Waals surface area contributed by atoms with E-state index < -0.39 is 0 Å². The van der Waals surface area contributed by atoms with Gasteiger partial charge in [-0.05, 0) is 63.4 Å². The fourth-order valence-corrected chi connectivity index (χ4v) is 3.29. The molecule has 0 spiro atoms. The molecule has 98 valence electrons. The lowest BCUT2D eigenvalue weighted by Gasteiger charge is -2.26. The molecule has 3 rings (SSSR count). The summed E-state index contributed by atoms with van der Waals surface area (Å²) in [6.45, 7) is 3.96. The summed E-state index contributed by atoms with van der Waals surface area (Å²) in [4.78, 5) is 2.64. The van der Waals surface area contributed by atoms with Crippen molar-refractivity contribution in [2.75, 3.05) is 25.0 Å². The molecule has 2 heteroatoms. The zero-order chi connectivity index (χ0) is 12.2. The molecular formula is C16H24N2. The standard InChI is InChI=1S/C16H24N2/c1-4-10-18(11-5-1)12-6-8-15-13-14-7-2-3-9-16(14)17-15/h2-3,7,9,15,17H,1,4-6,8,10-13H2. The van der Waals surface area contributed by atoms with Crippen LogP contribution in [-0.2, 0) is 6.42 Å². The Labute approximate surface area is 110 Å². The van der Waals surface area contributed by atoms with E-state index in [9.17, 15) is 0 Å². The first-order valence-electron chi connectivity index (χ1n) is 7.48. The van der Waals surface area contributed by atoms with Gasteiger partial charge in [0.25, 0.3) is 0 Å². The number of rotatable bonds is 4. The molecule has 1 atom stereocenters. The topological polar surface area (TPSA) is 15.3 Å². The summed E-state index contributed by atoms with van der Waals surface area (Å²) < 4.78 is 0. The van der Waals surface area contributed by atoms with Gasteiger partial charge < -0.3 is 10.2 Å². The third kappa shape index (κ3) is 2.86. The number of piperidine rings is 1. The molecule has 1 aromatic rings. The van der Waals surface area contributed by atoms with Crippen molar-refractivity contribution in [3.63, 3.8) is 0 Å². The molecule has 0 aromatic heterocycles. The molecule has 0 aliphatic carbocycles. The van der Waals surface area contributed by atoms with Gasteiger partial charge in [-0.25, -0.2) is 0 Å². The lowest BCUT2D eigenvalue weighted by Crippen LogP contribution is -2.31. The zero-order valence-corrected chi connectivity index (χ0v) is 11.2. The molecule has 1 fully saturated rings. The van der Waals surface area contributed by atoms with Crippen LogP contribution in [0, 0.1) is 0 Å². The van der Waals surface area contributed by atoms with Crippen molar-refractivity contribution in [3.8, 4) is 0 Å². The Morgan fingerprint density at radius 1 is 1.11 bits per heavy atom. The van der Waals surface area contributed by atoms with Crippen molar-refractivity contribution in [1.82, 2.24) is 4.90 Å². The van der Waals surface area contributed by atoms with Crippen LogP contribution in [0.4, 0.5) is 5.69 Å². The number of para-hydroxylation sites is 1. The van der Waals surface area contributed by atoms with Gasteiger partial charge in [-0.1, -0.05) is 24.6 Å². The Morgan fingerprint density at radius 2 is 1.94 bits per heavy atom. The molecule has 2 heterocycles. The fourth-order valence-electron chi connectivity index (χ4n) is 3.29. The van der Waals surface area contributed by atoms with Gasteiger partial charge in [0, 0.05) is 11.7 Å². The van der Waals surface area contributed by atoms with Crippen LogP contribution in [-0.4, -0.2) is 30.6 Å². The van der Waals surface area contributed by atoms with Crippen LogP contribution < -0.4 is 5.32 Å². The molecule has 1 saturated heterocycles. The van der Waals surface area contributed by atoms with Crippen LogP contribution in [0.1, 0.15) is 37.7 Å². The molecule has 1 aromatic carbocycles. The van der Waals surface area contributed by atoms with Gasteiger partial charge in [-0.3, -0.25) is 0 Å². The van der Waals surface area contributed by atoms with Gasteiger partial charge in [-0.2, -0.15) is 0 Å². The van der Waals surface area contributed by atoms with Crippen molar-refractivity contribution in [2.24, 2.45) is 0 Å². The lowest BCUT2D eigenvalue weighted by atomic mass is 10.1. The maximum atomic E-state index is 3.65. The Hall–Kier alpha value is -1.02. The van der Waals surface area contributed by atoms with Crippen molar-refractivity contribution in [3.05, 3.63) is 29.8 Å². The molecule has 0 saturated carbocycles. The second-order valence-electron chi connectivity index (χ2n) is 5.75. The third-order valence-electron chi connectivity index (χ3n) is 4.32. The van der Waals surface area contributed by atoms with Crippen molar-refractivity contribution in [1.29, 1.82) is 0 Å². The Kier molecular flexibility index (Phi) is 3.84. The number of fused-ring (bicyclic) bond motifs is 1. The Balaban J connectivity index is 1.40. The third-order valence-corrected chi connectivity index (χ3v) is 4.32. The highest BCUT2D eigenvalue weighted by Gasteiger charge is 2.19. The second-order valence-corrected chi connectivity index (χ2v) is 5.75. The van der Waals surface area contributed by atoms with Crippen LogP contribution in [0.3, 0.4) is 0 Å². The number of hydrogen-bond donors (Lipinski definition) is 1. The highest BCUT2D eigenvalue weighted by atomic mass is 15.1. The smallest absolute Gasteiger partial charge is 0.0375 e. The lowest BCUT2D eigenvalue weighted by molar-refractivity contribution is 0.223. The minimum absolute atomic E-state index is 0.673. The van der Waals surface area contributed by atoms with E-state index in [0.717, 1.165) is 0 Å². The predicted molar refractivity (Wildman–Crippen MR) is 77.1 cm³/mol. The SMILES string of the molecule is c1ccc2c(c1)CC(CCCN1CCCCC1)N2. The first-order chi connectivity index (χ1) is 8.92. The van der Waals surface area contributed by atoms with E-state index in [1.807, 2.05) is 0 Å². The monoisotopic (exact) mass is 244 g/mol. The summed E-state index contributed by atoms with van der Waals surface area (Å²) in [6, 6.07) is 9.41. The minimum atomic E-state index is 0.673. The van der Waals surface area contributed by atoms with Crippen LogP contribution in [0.25, 0.3) is 0 Å². The highest BCUT2D eigenvalue weighted by Crippen LogP contribution is 2.27. The minimum Gasteiger partial charge on any atom is -0.382 e. The summed E-state index contributed by atoms with van der Waals surface area (Å²) >= 11 is 0. The van der Waals surface area contributed by atoms with Crippen LogP contribution >= 0.6 is 0 Å². The van der Waals surface area contributed by atoms with E-state index in [4.69, 9.17) is 0 Å². The van der Waals surface area contributed by atoms with Crippen LogP contribution in [0.2, 0.25) is 0 Å². The number of nitrogens with one attached hydrogen (secondary N) is 1. The summed E-state index contributed by atoms with van der Waals surface area (Å²) in [7, 11) is 0. The number of anilines is 1. The van der Waals surface area contributed by atoms with Gasteiger partial charge in [0.1, 0.15) is 0 Å². The fraction of sp³-hybridized carbons (Fsp3) is 0.625. The average Bonchev–Trinajstić information content (AvgIpc) is 2.82. The number of hydrogen-bond acceptors (Lipinski definition) is 2. The molecular weight excluding hydrogens is 220 g/mol. The molecule has 2 nitrogen and oxygen atoms in total. The summed E-state index contributed by atoms with van der Waals surface area (Å²) in [5.41, 5.74) is 2.86. The molecule has 2 aliphatic rings. The zero-order valence-electron chi connectivity index (χ0n) is 11.2. The summed E-state index contributed by atoms with van der Waals surface area (Å²) in [5.74, 6) is 0. The largest absolute Gasteiger partial charge is 0.382 e. The van der Waals surface area contributed by atoms with Gasteiger partial charge in [0.2, 0.25) is 0 Å². The molecule has 18 heavy (non-hydrogen) atoms. The Morgan fingerprint density at radius 3 is 2.78 bits per heavy atom. The molecule has 0 radical (unpaired) electrons. The normalized spacial score (nSPS) is 23.7. The second kappa shape index (κ2) is 5.75. The number of benzene rings is 1. The number of likely N-dealkylation sites (tertiary alicyclic amines) is 1. The molecule has 0 amide bonds. The number of nitrogens with zero attached hydrogens (tertiary/aromatic N) is 1. The van der Waals surface area contributed by atoms with E-state index in [1.54, 1.807) is 0 Å². The van der Waals surface area contributed by atoms with Gasteiger partial charge >= 0.3 is 0 Å². The molecule has 1 N–H and O–H groups in total. The van der Waals surface area contributed by atoms with Crippen molar-refractivity contribution >= 4 is 5.69 Å². The molecule has 2 aliphatic heterocycles. The summed E-state index contributed by atoms with van der Waals surface area (Å²) in [5, 5.41) is 3.65. The van der Waals surface area contributed by atoms with E-state index in [2.05, 4.69) is 34.5 Å². The van der Waals surface area contributed by atoms with E-state index in [0.29, 0.717) is 6.04 Å².